The van der Waals surface area contributed by atoms with Gasteiger partial charge in [-0.05, 0) is 0 Å². The molecule has 11 heavy (non-hydrogen) atoms. The van der Waals surface area contributed by atoms with Gasteiger partial charge in [-0.15, -0.1) is 6.58 Å². The quantitative estimate of drug-likeness (QED) is 0.209. The topological polar surface area (TPSA) is 58.9 Å². The molecule has 0 rings (SSSR count). The minimum Gasteiger partial charge on any atom is -0.410 e. The van der Waals surface area contributed by atoms with Crippen molar-refractivity contribution in [2.75, 3.05) is 13.2 Å². The van der Waals surface area contributed by atoms with E-state index in [0.717, 1.165) is 0 Å². The number of hydrogen-bond acceptors (Lipinski definition) is 4. The molecule has 0 aromatic rings. The highest BCUT2D eigenvalue weighted by molar-refractivity contribution is 6.39. The van der Waals surface area contributed by atoms with Crippen molar-refractivity contribution in [3.05, 3.63) is 12.7 Å². The van der Waals surface area contributed by atoms with Crippen LogP contribution in [0.15, 0.2) is 17.8 Å². The summed E-state index contributed by atoms with van der Waals surface area (Å²) < 4.78 is 4.87. The molecule has 4 nitrogen and oxygen atoms in total. The molecule has 4 heteroatoms. The van der Waals surface area contributed by atoms with Crippen LogP contribution in [0.2, 0.25) is 0 Å². The van der Waals surface area contributed by atoms with E-state index in [1.54, 1.807) is 6.08 Å². The molecule has 0 aliphatic heterocycles. The van der Waals surface area contributed by atoms with Crippen LogP contribution in [0.5, 0.6) is 0 Å². The Morgan fingerprint density at radius 3 is 2.82 bits per heavy atom. The van der Waals surface area contributed by atoms with Gasteiger partial charge < -0.3 is 9.94 Å². The van der Waals surface area contributed by atoms with Crippen LogP contribution in [-0.2, 0) is 9.53 Å². The Hall–Kier alpha value is -1.16. The van der Waals surface area contributed by atoms with Crippen molar-refractivity contribution >= 4 is 11.5 Å². The average Bonchev–Trinajstić information content (AvgIpc) is 1.97. The third kappa shape index (κ3) is 4.27. The first kappa shape index (κ1) is 9.84. The fourth-order valence-corrected chi connectivity index (χ4v) is 0.440. The molecule has 0 saturated carbocycles. The molecule has 0 saturated heterocycles. The van der Waals surface area contributed by atoms with Gasteiger partial charge in [0.2, 0.25) is 0 Å². The zero-order valence-electron chi connectivity index (χ0n) is 6.41. The van der Waals surface area contributed by atoms with Crippen molar-refractivity contribution in [2.45, 2.75) is 6.92 Å². The maximum Gasteiger partial charge on any atom is 0.179 e. The maximum atomic E-state index is 10.6. The second kappa shape index (κ2) is 5.61. The van der Waals surface area contributed by atoms with Gasteiger partial charge in [0.05, 0.1) is 13.2 Å². The number of oxime groups is 1. The van der Waals surface area contributed by atoms with Gasteiger partial charge in [0.15, 0.2) is 5.78 Å². The summed E-state index contributed by atoms with van der Waals surface area (Å²) >= 11 is 0. The van der Waals surface area contributed by atoms with E-state index in [1.165, 1.54) is 6.92 Å². The summed E-state index contributed by atoms with van der Waals surface area (Å²) in [5.74, 6) is -0.295. The number of hydrogen-bond donors (Lipinski definition) is 1. The van der Waals surface area contributed by atoms with Gasteiger partial charge in [-0.1, -0.05) is 11.2 Å². The SMILES string of the molecule is C=CCOC/C(=N\O)C(C)=O. The highest BCUT2D eigenvalue weighted by atomic mass is 16.5. The van der Waals surface area contributed by atoms with E-state index in [0.29, 0.717) is 6.61 Å². The lowest BCUT2D eigenvalue weighted by molar-refractivity contribution is -0.111. The van der Waals surface area contributed by atoms with E-state index in [4.69, 9.17) is 9.94 Å². The third-order valence-electron chi connectivity index (χ3n) is 1.00. The highest BCUT2D eigenvalue weighted by Crippen LogP contribution is 1.83. The molecule has 0 aromatic carbocycles. The number of Topliss-reactive ketones (excluding diaryl/α,β-unsaturated/α-hetero) is 1. The van der Waals surface area contributed by atoms with Crippen molar-refractivity contribution in [1.29, 1.82) is 0 Å². The second-order valence-electron chi connectivity index (χ2n) is 1.91. The Morgan fingerprint density at radius 2 is 2.45 bits per heavy atom. The summed E-state index contributed by atoms with van der Waals surface area (Å²) in [5.41, 5.74) is 0.0202. The smallest absolute Gasteiger partial charge is 0.179 e. The lowest BCUT2D eigenvalue weighted by Crippen LogP contribution is -2.17. The van der Waals surface area contributed by atoms with E-state index in [-0.39, 0.29) is 18.1 Å². The number of ketones is 1. The van der Waals surface area contributed by atoms with E-state index >= 15 is 0 Å². The molecule has 0 aliphatic rings. The van der Waals surface area contributed by atoms with Gasteiger partial charge >= 0.3 is 0 Å². The Labute approximate surface area is 65.2 Å². The predicted octanol–water partition coefficient (Wildman–Crippen LogP) is 0.608. The molecule has 0 aromatic heterocycles. The summed E-state index contributed by atoms with van der Waals surface area (Å²) in [5, 5.41) is 11.0. The van der Waals surface area contributed by atoms with Crippen LogP contribution in [0, 0.1) is 0 Å². The van der Waals surface area contributed by atoms with Crippen LogP contribution in [-0.4, -0.2) is 29.9 Å². The molecule has 0 fully saturated rings. The van der Waals surface area contributed by atoms with Crippen LogP contribution >= 0.6 is 0 Å². The standard InChI is InChI=1S/C7H11NO3/c1-3-4-11-5-7(8-10)6(2)9/h3,10H,1,4-5H2,2H3/b8-7+. The Balaban J connectivity index is 3.72. The molecule has 62 valence electrons. The van der Waals surface area contributed by atoms with Crippen LogP contribution in [0.3, 0.4) is 0 Å². The van der Waals surface area contributed by atoms with Crippen LogP contribution in [0.1, 0.15) is 6.92 Å². The number of carbonyl (C=O) groups excluding carboxylic acids is 1. The van der Waals surface area contributed by atoms with Crippen molar-refractivity contribution < 1.29 is 14.7 Å². The molecule has 0 bridgehead atoms. The first-order valence-electron chi connectivity index (χ1n) is 3.13. The minimum absolute atomic E-state index is 0.0202. The van der Waals surface area contributed by atoms with Crippen LogP contribution in [0.25, 0.3) is 0 Å². The highest BCUT2D eigenvalue weighted by Gasteiger charge is 2.04. The van der Waals surface area contributed by atoms with Crippen molar-refractivity contribution in [2.24, 2.45) is 5.16 Å². The molecule has 0 radical (unpaired) electrons. The van der Waals surface area contributed by atoms with Crippen molar-refractivity contribution in [1.82, 2.24) is 0 Å². The fraction of sp³-hybridized carbons (Fsp3) is 0.429. The average molecular weight is 157 g/mol. The number of ether oxygens (including phenoxy) is 1. The van der Waals surface area contributed by atoms with E-state index in [1.807, 2.05) is 0 Å². The van der Waals surface area contributed by atoms with E-state index in [2.05, 4.69) is 11.7 Å². The summed E-state index contributed by atoms with van der Waals surface area (Å²) in [4.78, 5) is 10.6. The fourth-order valence-electron chi connectivity index (χ4n) is 0.440. The van der Waals surface area contributed by atoms with Gasteiger partial charge in [0, 0.05) is 6.92 Å². The van der Waals surface area contributed by atoms with Gasteiger partial charge in [0.1, 0.15) is 5.71 Å². The summed E-state index contributed by atoms with van der Waals surface area (Å²) in [6, 6.07) is 0. The molecular formula is C7H11NO3. The third-order valence-corrected chi connectivity index (χ3v) is 1.00. The van der Waals surface area contributed by atoms with Crippen LogP contribution in [0.4, 0.5) is 0 Å². The lowest BCUT2D eigenvalue weighted by atomic mass is 10.3. The Morgan fingerprint density at radius 1 is 1.82 bits per heavy atom. The summed E-state index contributed by atoms with van der Waals surface area (Å²) in [7, 11) is 0. The maximum absolute atomic E-state index is 10.6. The second-order valence-corrected chi connectivity index (χ2v) is 1.91. The zero-order valence-corrected chi connectivity index (χ0v) is 6.41. The molecule has 0 heterocycles. The number of carbonyl (C=O) groups is 1. The summed E-state index contributed by atoms with van der Waals surface area (Å²) in [6.07, 6.45) is 1.55. The first-order chi connectivity index (χ1) is 5.22. The molecule has 1 N–H and O–H groups in total. The lowest BCUT2D eigenvalue weighted by Gasteiger charge is -1.98. The monoisotopic (exact) mass is 157 g/mol. The van der Waals surface area contributed by atoms with E-state index < -0.39 is 0 Å². The van der Waals surface area contributed by atoms with Crippen molar-refractivity contribution in [3.63, 3.8) is 0 Å². The molecular weight excluding hydrogens is 146 g/mol. The molecule has 0 aliphatic carbocycles. The van der Waals surface area contributed by atoms with Gasteiger partial charge in [-0.3, -0.25) is 4.79 Å². The largest absolute Gasteiger partial charge is 0.410 e. The Bertz CT molecular complexity index is 175. The molecule has 0 amide bonds. The van der Waals surface area contributed by atoms with Crippen molar-refractivity contribution in [3.8, 4) is 0 Å². The molecule has 0 unspecified atom stereocenters. The van der Waals surface area contributed by atoms with Gasteiger partial charge in [-0.2, -0.15) is 0 Å². The molecule has 0 atom stereocenters. The summed E-state index contributed by atoms with van der Waals surface area (Å²) in [6.45, 7) is 5.09. The van der Waals surface area contributed by atoms with Crippen LogP contribution < -0.4 is 0 Å². The normalized spacial score (nSPS) is 11.2. The molecule has 0 spiro atoms. The van der Waals surface area contributed by atoms with E-state index in [9.17, 15) is 4.79 Å². The van der Waals surface area contributed by atoms with Gasteiger partial charge in [0.25, 0.3) is 0 Å². The number of rotatable bonds is 5. The Kier molecular flexibility index (Phi) is 5.02. The zero-order chi connectivity index (χ0) is 8.69. The van der Waals surface area contributed by atoms with Gasteiger partial charge in [-0.25, -0.2) is 0 Å². The predicted molar refractivity (Wildman–Crippen MR) is 40.9 cm³/mol. The number of nitrogens with zero attached hydrogens (tertiary/aromatic N) is 1. The minimum atomic E-state index is -0.295. The first-order valence-corrected chi connectivity index (χ1v) is 3.13.